The van der Waals surface area contributed by atoms with Crippen LogP contribution in [0.25, 0.3) is 0 Å². The summed E-state index contributed by atoms with van der Waals surface area (Å²) < 4.78 is 24.6. The van der Waals surface area contributed by atoms with Gasteiger partial charge >= 0.3 is 0 Å². The Balaban J connectivity index is 1.70. The summed E-state index contributed by atoms with van der Waals surface area (Å²) in [5.74, 6) is -0.280. The van der Waals surface area contributed by atoms with Gasteiger partial charge in [-0.05, 0) is 31.0 Å². The molecule has 2 fully saturated rings. The highest BCUT2D eigenvalue weighted by Crippen LogP contribution is 2.35. The molecule has 0 saturated carbocycles. The summed E-state index contributed by atoms with van der Waals surface area (Å²) in [5, 5.41) is 3.88. The van der Waals surface area contributed by atoms with E-state index in [1.165, 1.54) is 12.1 Å². The van der Waals surface area contributed by atoms with E-state index in [0.29, 0.717) is 23.9 Å². The molecule has 1 aromatic rings. The molecule has 2 atom stereocenters. The monoisotopic (exact) mass is 285 g/mol. The molecule has 2 aliphatic rings. The first-order chi connectivity index (χ1) is 9.17. The third-order valence-corrected chi connectivity index (χ3v) is 4.18. The highest BCUT2D eigenvalue weighted by Gasteiger charge is 2.41. The fourth-order valence-corrected chi connectivity index (χ4v) is 3.01. The van der Waals surface area contributed by atoms with Gasteiger partial charge in [0.2, 0.25) is 0 Å². The third kappa shape index (κ3) is 2.86. The van der Waals surface area contributed by atoms with Crippen molar-refractivity contribution in [3.8, 4) is 0 Å². The first-order valence-electron chi connectivity index (χ1n) is 6.60. The molecule has 0 bridgehead atoms. The molecular weight excluding hydrogens is 269 g/mol. The number of rotatable bonds is 2. The van der Waals surface area contributed by atoms with E-state index in [1.807, 2.05) is 0 Å². The Kier molecular flexibility index (Phi) is 3.65. The van der Waals surface area contributed by atoms with Gasteiger partial charge in [-0.3, -0.25) is 0 Å². The number of anilines is 1. The van der Waals surface area contributed by atoms with Crippen molar-refractivity contribution in [1.82, 2.24) is 0 Å². The second-order valence-electron chi connectivity index (χ2n) is 5.29. The van der Waals surface area contributed by atoms with Crippen LogP contribution in [-0.2, 0) is 9.47 Å². The van der Waals surface area contributed by atoms with Crippen LogP contribution in [0.15, 0.2) is 18.2 Å². The Hall–Kier alpha value is -0.840. The summed E-state index contributed by atoms with van der Waals surface area (Å²) in [7, 11) is 0. The van der Waals surface area contributed by atoms with Crippen LogP contribution in [0.1, 0.15) is 19.3 Å². The molecule has 2 saturated heterocycles. The molecule has 0 aliphatic carbocycles. The molecule has 1 N–H and O–H groups in total. The van der Waals surface area contributed by atoms with Crippen molar-refractivity contribution < 1.29 is 13.9 Å². The molecule has 3 rings (SSSR count). The number of nitrogens with one attached hydrogen (secondary N) is 1. The molecule has 0 amide bonds. The summed E-state index contributed by atoms with van der Waals surface area (Å²) in [6.07, 6.45) is 2.70. The molecule has 2 unspecified atom stereocenters. The first kappa shape index (κ1) is 13.2. The molecule has 3 nitrogen and oxygen atoms in total. The predicted octanol–water partition coefficient (Wildman–Crippen LogP) is 3.23. The Labute approximate surface area is 117 Å². The SMILES string of the molecule is Fc1ccc(Cl)c(NC2CCOC3(CCOC3)C2)c1. The van der Waals surface area contributed by atoms with E-state index in [9.17, 15) is 4.39 Å². The minimum atomic E-state index is -0.280. The van der Waals surface area contributed by atoms with Gasteiger partial charge in [-0.15, -0.1) is 0 Å². The summed E-state index contributed by atoms with van der Waals surface area (Å²) in [6, 6.07) is 4.63. The molecule has 19 heavy (non-hydrogen) atoms. The lowest BCUT2D eigenvalue weighted by Crippen LogP contribution is -2.44. The predicted molar refractivity (Wildman–Crippen MR) is 72.2 cm³/mol. The number of hydrogen-bond acceptors (Lipinski definition) is 3. The minimum absolute atomic E-state index is 0.157. The van der Waals surface area contributed by atoms with Gasteiger partial charge in [0, 0.05) is 25.7 Å². The summed E-state index contributed by atoms with van der Waals surface area (Å²) in [6.45, 7) is 2.11. The van der Waals surface area contributed by atoms with Crippen molar-refractivity contribution in [2.45, 2.75) is 30.9 Å². The number of benzene rings is 1. The Morgan fingerprint density at radius 3 is 3.05 bits per heavy atom. The third-order valence-electron chi connectivity index (χ3n) is 3.85. The van der Waals surface area contributed by atoms with Gasteiger partial charge in [-0.2, -0.15) is 0 Å². The van der Waals surface area contributed by atoms with Crippen LogP contribution in [0, 0.1) is 5.82 Å². The smallest absolute Gasteiger partial charge is 0.125 e. The fraction of sp³-hybridized carbons (Fsp3) is 0.571. The lowest BCUT2D eigenvalue weighted by molar-refractivity contribution is -0.0828. The van der Waals surface area contributed by atoms with Crippen LogP contribution in [0.5, 0.6) is 0 Å². The highest BCUT2D eigenvalue weighted by molar-refractivity contribution is 6.33. The van der Waals surface area contributed by atoms with Gasteiger partial charge in [0.05, 0.1) is 22.9 Å². The van der Waals surface area contributed by atoms with Gasteiger partial charge in [-0.25, -0.2) is 4.39 Å². The second kappa shape index (κ2) is 5.27. The average molecular weight is 286 g/mol. The van der Waals surface area contributed by atoms with Crippen molar-refractivity contribution >= 4 is 17.3 Å². The molecule has 104 valence electrons. The van der Waals surface area contributed by atoms with Gasteiger partial charge in [0.25, 0.3) is 0 Å². The van der Waals surface area contributed by atoms with Crippen molar-refractivity contribution in [3.63, 3.8) is 0 Å². The Bertz CT molecular complexity index is 463. The lowest BCUT2D eigenvalue weighted by atomic mass is 9.89. The average Bonchev–Trinajstić information content (AvgIpc) is 2.82. The van der Waals surface area contributed by atoms with Crippen LogP contribution >= 0.6 is 11.6 Å². The highest BCUT2D eigenvalue weighted by atomic mass is 35.5. The number of halogens is 2. The molecule has 5 heteroatoms. The zero-order valence-corrected chi connectivity index (χ0v) is 11.4. The van der Waals surface area contributed by atoms with E-state index in [1.54, 1.807) is 6.07 Å². The Morgan fingerprint density at radius 1 is 1.37 bits per heavy atom. The summed E-state index contributed by atoms with van der Waals surface area (Å²) >= 11 is 6.08. The van der Waals surface area contributed by atoms with Crippen LogP contribution in [0.3, 0.4) is 0 Å². The van der Waals surface area contributed by atoms with E-state index in [0.717, 1.165) is 25.9 Å². The van der Waals surface area contributed by atoms with Crippen LogP contribution in [-0.4, -0.2) is 31.5 Å². The van der Waals surface area contributed by atoms with Gasteiger partial charge in [0.1, 0.15) is 5.82 Å². The topological polar surface area (TPSA) is 30.5 Å². The molecule has 1 spiro atoms. The van der Waals surface area contributed by atoms with Crippen LogP contribution in [0.4, 0.5) is 10.1 Å². The largest absolute Gasteiger partial charge is 0.381 e. The van der Waals surface area contributed by atoms with Crippen molar-refractivity contribution in [3.05, 3.63) is 29.0 Å². The number of ether oxygens (including phenoxy) is 2. The van der Waals surface area contributed by atoms with Gasteiger partial charge in [0.15, 0.2) is 0 Å². The molecular formula is C14H17ClFNO2. The molecule has 2 heterocycles. The molecule has 1 aromatic carbocycles. The Morgan fingerprint density at radius 2 is 2.26 bits per heavy atom. The lowest BCUT2D eigenvalue weighted by Gasteiger charge is -2.37. The van der Waals surface area contributed by atoms with E-state index in [4.69, 9.17) is 21.1 Å². The molecule has 0 radical (unpaired) electrons. The zero-order valence-electron chi connectivity index (χ0n) is 10.6. The molecule has 2 aliphatic heterocycles. The fourth-order valence-electron chi connectivity index (χ4n) is 2.84. The van der Waals surface area contributed by atoms with Crippen molar-refractivity contribution in [2.24, 2.45) is 0 Å². The zero-order chi connectivity index (χ0) is 13.3. The van der Waals surface area contributed by atoms with Gasteiger partial charge < -0.3 is 14.8 Å². The second-order valence-corrected chi connectivity index (χ2v) is 5.70. The summed E-state index contributed by atoms with van der Waals surface area (Å²) in [4.78, 5) is 0. The van der Waals surface area contributed by atoms with E-state index >= 15 is 0 Å². The first-order valence-corrected chi connectivity index (χ1v) is 6.98. The van der Waals surface area contributed by atoms with E-state index in [-0.39, 0.29) is 17.5 Å². The summed E-state index contributed by atoms with van der Waals surface area (Å²) in [5.41, 5.74) is 0.498. The van der Waals surface area contributed by atoms with E-state index in [2.05, 4.69) is 5.32 Å². The van der Waals surface area contributed by atoms with Crippen molar-refractivity contribution in [1.29, 1.82) is 0 Å². The molecule has 0 aromatic heterocycles. The standard InChI is InChI=1S/C14H17ClFNO2/c15-12-2-1-10(16)7-13(12)17-11-3-5-19-14(8-11)4-6-18-9-14/h1-2,7,11,17H,3-6,8-9H2. The van der Waals surface area contributed by atoms with Crippen molar-refractivity contribution in [2.75, 3.05) is 25.1 Å². The maximum absolute atomic E-state index is 13.3. The van der Waals surface area contributed by atoms with E-state index < -0.39 is 0 Å². The maximum atomic E-state index is 13.3. The minimum Gasteiger partial charge on any atom is -0.381 e. The normalized spacial score (nSPS) is 30.7. The van der Waals surface area contributed by atoms with Crippen LogP contribution < -0.4 is 5.32 Å². The van der Waals surface area contributed by atoms with Crippen LogP contribution in [0.2, 0.25) is 5.02 Å². The number of hydrogen-bond donors (Lipinski definition) is 1. The van der Waals surface area contributed by atoms with Gasteiger partial charge in [-0.1, -0.05) is 11.6 Å². The quantitative estimate of drug-likeness (QED) is 0.905. The maximum Gasteiger partial charge on any atom is 0.125 e.